The van der Waals surface area contributed by atoms with E-state index in [9.17, 15) is 19.2 Å². The third-order valence-corrected chi connectivity index (χ3v) is 6.49. The van der Waals surface area contributed by atoms with Crippen molar-refractivity contribution in [3.05, 3.63) is 29.8 Å². The Morgan fingerprint density at radius 2 is 1.62 bits per heavy atom. The molecule has 0 spiro atoms. The summed E-state index contributed by atoms with van der Waals surface area (Å²) in [5, 5.41) is 0. The van der Waals surface area contributed by atoms with Crippen LogP contribution in [0.15, 0.2) is 24.3 Å². The fourth-order valence-corrected chi connectivity index (χ4v) is 4.26. The van der Waals surface area contributed by atoms with Crippen LogP contribution in [0.4, 0.5) is 10.5 Å². The minimum Gasteiger partial charge on any atom is -0.463 e. The lowest BCUT2D eigenvalue weighted by Gasteiger charge is -2.31. The van der Waals surface area contributed by atoms with Gasteiger partial charge in [-0.1, -0.05) is 12.1 Å². The number of carbonyl (C=O) groups is 4. The number of terminal acetylenes is 1. The van der Waals surface area contributed by atoms with Crippen LogP contribution >= 0.6 is 0 Å². The topological polar surface area (TPSA) is 121 Å². The molecule has 2 amide bonds. The van der Waals surface area contributed by atoms with Crippen molar-refractivity contribution in [2.24, 2.45) is 5.92 Å². The Morgan fingerprint density at radius 1 is 1.02 bits per heavy atom. The molecule has 11 heteroatoms. The third-order valence-electron chi connectivity index (χ3n) is 6.49. The van der Waals surface area contributed by atoms with Gasteiger partial charge in [-0.05, 0) is 45.4 Å². The highest BCUT2D eigenvalue weighted by atomic mass is 16.7. The van der Waals surface area contributed by atoms with Gasteiger partial charge in [-0.3, -0.25) is 9.69 Å². The van der Waals surface area contributed by atoms with Crippen LogP contribution in [0.5, 0.6) is 0 Å². The Balaban J connectivity index is 2.38. The second kappa shape index (κ2) is 15.2. The molecule has 3 atom stereocenters. The molecule has 3 unspecified atom stereocenters. The molecule has 1 aromatic carbocycles. The van der Waals surface area contributed by atoms with Gasteiger partial charge in [0.15, 0.2) is 0 Å². The fourth-order valence-electron chi connectivity index (χ4n) is 4.26. The van der Waals surface area contributed by atoms with Gasteiger partial charge in [-0.25, -0.2) is 14.4 Å². The number of urea groups is 1. The Hall–Kier alpha value is -3.62. The van der Waals surface area contributed by atoms with Crippen molar-refractivity contribution < 1.29 is 42.9 Å². The van der Waals surface area contributed by atoms with Crippen LogP contribution in [0.2, 0.25) is 0 Å². The number of hydrogen-bond acceptors (Lipinski definition) is 9. The van der Waals surface area contributed by atoms with Gasteiger partial charge in [0.2, 0.25) is 6.29 Å². The first-order valence-corrected chi connectivity index (χ1v) is 13.4. The van der Waals surface area contributed by atoms with Gasteiger partial charge in [0.1, 0.15) is 0 Å². The summed E-state index contributed by atoms with van der Waals surface area (Å²) in [6, 6.07) is 6.74. The van der Waals surface area contributed by atoms with Gasteiger partial charge in [0, 0.05) is 45.6 Å². The fraction of sp³-hybridized carbons (Fsp3) is 0.586. The quantitative estimate of drug-likeness (QED) is 0.155. The summed E-state index contributed by atoms with van der Waals surface area (Å²) in [5.41, 5.74) is -0.933. The molecule has 0 radical (unpaired) electrons. The second-order valence-electron chi connectivity index (χ2n) is 9.19. The Bertz CT molecular complexity index is 1050. The minimum atomic E-state index is -2.15. The van der Waals surface area contributed by atoms with Gasteiger partial charge < -0.3 is 28.6 Å². The van der Waals surface area contributed by atoms with Crippen molar-refractivity contribution in [3.63, 3.8) is 0 Å². The summed E-state index contributed by atoms with van der Waals surface area (Å²) in [7, 11) is 1.72. The second-order valence-corrected chi connectivity index (χ2v) is 9.19. The first-order valence-electron chi connectivity index (χ1n) is 13.4. The zero-order valence-electron chi connectivity index (χ0n) is 24.1. The number of ether oxygens (including phenoxy) is 5. The molecule has 1 heterocycles. The van der Waals surface area contributed by atoms with Crippen molar-refractivity contribution in [1.29, 1.82) is 0 Å². The molecule has 11 nitrogen and oxygen atoms in total. The van der Waals surface area contributed by atoms with E-state index in [2.05, 4.69) is 5.92 Å². The van der Waals surface area contributed by atoms with E-state index in [-0.39, 0.29) is 38.7 Å². The molecule has 40 heavy (non-hydrogen) atoms. The van der Waals surface area contributed by atoms with E-state index in [0.717, 1.165) is 0 Å². The molecular formula is C29H40N2O9. The summed E-state index contributed by atoms with van der Waals surface area (Å²) >= 11 is 0. The number of carbonyl (C=O) groups excluding carboxylic acids is 4. The predicted molar refractivity (Wildman–Crippen MR) is 146 cm³/mol. The van der Waals surface area contributed by atoms with E-state index < -0.39 is 41.8 Å². The van der Waals surface area contributed by atoms with Crippen molar-refractivity contribution in [2.75, 3.05) is 44.9 Å². The van der Waals surface area contributed by atoms with Crippen LogP contribution in [0.25, 0.3) is 0 Å². The van der Waals surface area contributed by atoms with Crippen LogP contribution in [0, 0.1) is 18.3 Å². The van der Waals surface area contributed by atoms with Crippen molar-refractivity contribution in [3.8, 4) is 12.3 Å². The number of benzene rings is 1. The molecule has 1 aliphatic rings. The number of nitrogens with zero attached hydrogens (tertiary/aromatic N) is 2. The van der Waals surface area contributed by atoms with E-state index in [1.807, 2.05) is 13.8 Å². The summed E-state index contributed by atoms with van der Waals surface area (Å²) in [6.07, 6.45) is 4.08. The van der Waals surface area contributed by atoms with Gasteiger partial charge in [0.25, 0.3) is 5.60 Å². The van der Waals surface area contributed by atoms with Crippen molar-refractivity contribution in [1.82, 2.24) is 4.90 Å². The smallest absolute Gasteiger partial charge is 0.350 e. The standard InChI is InChI=1S/C29H40N2O9/c1-8-22-17-25(39-20(6)32)40-24(22)19-38-29(26(33)36-11-4,27(34)37-12-5)18-21-13-15-23(16-14-21)31(10-3)28(35)30(7)9-2/h1,13-16,22,24-25H,9-12,17-19H2,2-7H3. The van der Waals surface area contributed by atoms with E-state index in [1.54, 1.807) is 55.0 Å². The minimum absolute atomic E-state index is 0.00222. The SMILES string of the molecule is C#CC1CC(OC(C)=O)OC1COC(Cc1ccc(N(CC)C(=O)N(C)CC)cc1)(C(=O)OCC)C(=O)OCC. The number of esters is 3. The normalized spacial score (nSPS) is 18.4. The molecule has 0 saturated carbocycles. The van der Waals surface area contributed by atoms with E-state index >= 15 is 0 Å². The maximum absolute atomic E-state index is 13.3. The van der Waals surface area contributed by atoms with Gasteiger partial charge >= 0.3 is 23.9 Å². The molecule has 0 aromatic heterocycles. The average molecular weight is 561 g/mol. The number of rotatable bonds is 13. The van der Waals surface area contributed by atoms with Crippen LogP contribution in [-0.4, -0.2) is 86.8 Å². The molecule has 1 saturated heterocycles. The first kappa shape index (κ1) is 32.6. The highest BCUT2D eigenvalue weighted by Crippen LogP contribution is 2.31. The van der Waals surface area contributed by atoms with Crippen LogP contribution in [-0.2, 0) is 44.5 Å². The van der Waals surface area contributed by atoms with Gasteiger partial charge in [0.05, 0.1) is 31.8 Å². The van der Waals surface area contributed by atoms with E-state index in [0.29, 0.717) is 24.3 Å². The third kappa shape index (κ3) is 7.96. The zero-order chi connectivity index (χ0) is 29.9. The van der Waals surface area contributed by atoms with Crippen molar-refractivity contribution >= 4 is 29.6 Å². The van der Waals surface area contributed by atoms with Crippen LogP contribution < -0.4 is 4.90 Å². The monoisotopic (exact) mass is 560 g/mol. The summed E-state index contributed by atoms with van der Waals surface area (Å²) < 4.78 is 27.4. The summed E-state index contributed by atoms with van der Waals surface area (Å²) in [5.74, 6) is -0.251. The molecule has 0 aliphatic carbocycles. The predicted octanol–water partition coefficient (Wildman–Crippen LogP) is 2.94. The molecule has 0 N–H and O–H groups in total. The average Bonchev–Trinajstić information content (AvgIpc) is 3.32. The van der Waals surface area contributed by atoms with Gasteiger partial charge in [-0.15, -0.1) is 12.3 Å². The zero-order valence-corrected chi connectivity index (χ0v) is 24.1. The first-order chi connectivity index (χ1) is 19.1. The molecule has 2 rings (SSSR count). The van der Waals surface area contributed by atoms with E-state index in [1.165, 1.54) is 6.92 Å². The highest BCUT2D eigenvalue weighted by molar-refractivity contribution is 6.04. The molecule has 1 aliphatic heterocycles. The number of anilines is 1. The molecular weight excluding hydrogens is 520 g/mol. The van der Waals surface area contributed by atoms with Crippen LogP contribution in [0.3, 0.4) is 0 Å². The summed E-state index contributed by atoms with van der Waals surface area (Å²) in [6.45, 7) is 9.00. The maximum atomic E-state index is 13.3. The van der Waals surface area contributed by atoms with E-state index in [4.69, 9.17) is 30.1 Å². The molecule has 0 bridgehead atoms. The van der Waals surface area contributed by atoms with Crippen molar-refractivity contribution in [2.45, 2.75) is 65.5 Å². The van der Waals surface area contributed by atoms with Crippen LogP contribution in [0.1, 0.15) is 46.6 Å². The number of amides is 2. The lowest BCUT2D eigenvalue weighted by molar-refractivity contribution is -0.200. The molecule has 1 aromatic rings. The Morgan fingerprint density at radius 3 is 2.10 bits per heavy atom. The maximum Gasteiger partial charge on any atom is 0.350 e. The van der Waals surface area contributed by atoms with Gasteiger partial charge in [-0.2, -0.15) is 0 Å². The number of hydrogen-bond donors (Lipinski definition) is 0. The Kier molecular flexibility index (Phi) is 12.4. The lowest BCUT2D eigenvalue weighted by Crippen LogP contribution is -2.54. The largest absolute Gasteiger partial charge is 0.463 e. The lowest BCUT2D eigenvalue weighted by atomic mass is 9.93. The molecule has 1 fully saturated rings. The Labute approximate surface area is 236 Å². The molecule has 220 valence electrons. The summed E-state index contributed by atoms with van der Waals surface area (Å²) in [4.78, 5) is 54.0. The highest BCUT2D eigenvalue weighted by Gasteiger charge is 2.52.